The predicted octanol–water partition coefficient (Wildman–Crippen LogP) is 3.40. The van der Waals surface area contributed by atoms with Crippen LogP contribution >= 0.6 is 0 Å². The molecule has 0 radical (unpaired) electrons. The number of halogens is 3. The molecule has 0 aromatic heterocycles. The van der Waals surface area contributed by atoms with Gasteiger partial charge in [-0.3, -0.25) is 9.59 Å². The smallest absolute Gasteiger partial charge is 0.406 e. The van der Waals surface area contributed by atoms with Crippen LogP contribution in [0.1, 0.15) is 6.42 Å². The lowest BCUT2D eigenvalue weighted by Crippen LogP contribution is -2.43. The third kappa shape index (κ3) is 4.58. The molecular weight excluding hydrogens is 361 g/mol. The summed E-state index contributed by atoms with van der Waals surface area (Å²) in [5.74, 6) is -0.557. The lowest BCUT2D eigenvalue weighted by Gasteiger charge is -2.30. The molecular formula is C19H17F3N2O3. The van der Waals surface area contributed by atoms with Crippen molar-refractivity contribution in [1.29, 1.82) is 0 Å². The fraction of sp³-hybridized carbons (Fsp3) is 0.263. The first-order chi connectivity index (χ1) is 12.8. The predicted molar refractivity (Wildman–Crippen MR) is 93.8 cm³/mol. The van der Waals surface area contributed by atoms with Crippen LogP contribution in [0.2, 0.25) is 0 Å². The SMILES string of the molecule is O=C(CCN1C(=O)COc2ccccc21)N(CC(F)(F)F)c1ccccc1. The maximum absolute atomic E-state index is 12.9. The highest BCUT2D eigenvalue weighted by atomic mass is 19.4. The van der Waals surface area contributed by atoms with Crippen molar-refractivity contribution in [2.45, 2.75) is 12.6 Å². The first kappa shape index (κ1) is 18.8. The number of hydrogen-bond acceptors (Lipinski definition) is 3. The molecule has 1 aliphatic rings. The van der Waals surface area contributed by atoms with E-state index >= 15 is 0 Å². The molecule has 0 N–H and O–H groups in total. The molecule has 8 heteroatoms. The summed E-state index contributed by atoms with van der Waals surface area (Å²) >= 11 is 0. The Morgan fingerprint density at radius 2 is 1.74 bits per heavy atom. The van der Waals surface area contributed by atoms with Gasteiger partial charge in [0, 0.05) is 18.7 Å². The van der Waals surface area contributed by atoms with E-state index in [4.69, 9.17) is 4.74 Å². The Kier molecular flexibility index (Phi) is 5.34. The number of alkyl halides is 3. The number of rotatable bonds is 5. The van der Waals surface area contributed by atoms with Gasteiger partial charge in [-0.15, -0.1) is 0 Å². The van der Waals surface area contributed by atoms with E-state index < -0.39 is 18.6 Å². The summed E-state index contributed by atoms with van der Waals surface area (Å²) in [4.78, 5) is 26.7. The summed E-state index contributed by atoms with van der Waals surface area (Å²) in [5, 5.41) is 0. The maximum Gasteiger partial charge on any atom is 0.406 e. The Bertz CT molecular complexity index is 824. The van der Waals surface area contributed by atoms with Gasteiger partial charge in [0.2, 0.25) is 5.91 Å². The number of carbonyl (C=O) groups excluding carboxylic acids is 2. The first-order valence-corrected chi connectivity index (χ1v) is 8.29. The van der Waals surface area contributed by atoms with Gasteiger partial charge < -0.3 is 14.5 Å². The standard InChI is InChI=1S/C19H17F3N2O3/c20-19(21,22)13-24(14-6-2-1-3-7-14)17(25)10-11-23-15-8-4-5-9-16(15)27-12-18(23)26/h1-9H,10-13H2. The third-order valence-corrected chi connectivity index (χ3v) is 4.06. The van der Waals surface area contributed by atoms with Gasteiger partial charge in [0.15, 0.2) is 6.61 Å². The minimum absolute atomic E-state index is 0.0285. The second kappa shape index (κ2) is 7.69. The van der Waals surface area contributed by atoms with Crippen molar-refractivity contribution in [2.24, 2.45) is 0 Å². The van der Waals surface area contributed by atoms with Crippen LogP contribution in [0.5, 0.6) is 5.75 Å². The number of hydrogen-bond donors (Lipinski definition) is 0. The van der Waals surface area contributed by atoms with Gasteiger partial charge in [-0.2, -0.15) is 13.2 Å². The van der Waals surface area contributed by atoms with E-state index in [-0.39, 0.29) is 31.2 Å². The molecule has 0 fully saturated rings. The summed E-state index contributed by atoms with van der Waals surface area (Å²) < 4.78 is 44.1. The zero-order valence-electron chi connectivity index (χ0n) is 14.3. The summed E-state index contributed by atoms with van der Waals surface area (Å²) in [6.45, 7) is -1.58. The summed E-state index contributed by atoms with van der Waals surface area (Å²) in [5.41, 5.74) is 0.664. The lowest BCUT2D eigenvalue weighted by atomic mass is 10.2. The Morgan fingerprint density at radius 1 is 1.07 bits per heavy atom. The quantitative estimate of drug-likeness (QED) is 0.801. The monoisotopic (exact) mass is 378 g/mol. The van der Waals surface area contributed by atoms with Gasteiger partial charge >= 0.3 is 6.18 Å². The molecule has 2 aromatic rings. The van der Waals surface area contributed by atoms with Crippen LogP contribution in [0.4, 0.5) is 24.5 Å². The number of amides is 2. The number of ether oxygens (including phenoxy) is 1. The van der Waals surface area contributed by atoms with Gasteiger partial charge in [-0.25, -0.2) is 0 Å². The molecule has 142 valence electrons. The van der Waals surface area contributed by atoms with Crippen molar-refractivity contribution in [1.82, 2.24) is 0 Å². The topological polar surface area (TPSA) is 49.9 Å². The minimum Gasteiger partial charge on any atom is -0.482 e. The van der Waals surface area contributed by atoms with Crippen LogP contribution in [0, 0.1) is 0 Å². The van der Waals surface area contributed by atoms with E-state index in [0.29, 0.717) is 16.3 Å². The summed E-state index contributed by atoms with van der Waals surface area (Å²) in [6, 6.07) is 14.5. The highest BCUT2D eigenvalue weighted by Gasteiger charge is 2.34. The number of fused-ring (bicyclic) bond motifs is 1. The average molecular weight is 378 g/mol. The number of carbonyl (C=O) groups is 2. The summed E-state index contributed by atoms with van der Waals surface area (Å²) in [6.07, 6.45) is -4.78. The second-order valence-corrected chi connectivity index (χ2v) is 5.98. The highest BCUT2D eigenvalue weighted by Crippen LogP contribution is 2.31. The molecule has 0 spiro atoms. The largest absolute Gasteiger partial charge is 0.482 e. The molecule has 0 saturated heterocycles. The number of nitrogens with zero attached hydrogens (tertiary/aromatic N) is 2. The Morgan fingerprint density at radius 3 is 2.44 bits per heavy atom. The lowest BCUT2D eigenvalue weighted by molar-refractivity contribution is -0.132. The molecule has 5 nitrogen and oxygen atoms in total. The molecule has 0 aliphatic carbocycles. The van der Waals surface area contributed by atoms with Crippen LogP contribution in [-0.2, 0) is 9.59 Å². The Labute approximate surface area is 153 Å². The zero-order valence-corrected chi connectivity index (χ0v) is 14.3. The first-order valence-electron chi connectivity index (χ1n) is 8.29. The molecule has 0 bridgehead atoms. The van der Waals surface area contributed by atoms with Crippen LogP contribution in [-0.4, -0.2) is 37.7 Å². The molecule has 0 saturated carbocycles. The molecule has 2 amide bonds. The molecule has 1 aliphatic heterocycles. The molecule has 1 heterocycles. The van der Waals surface area contributed by atoms with Crippen molar-refractivity contribution in [2.75, 3.05) is 29.5 Å². The van der Waals surface area contributed by atoms with Crippen molar-refractivity contribution >= 4 is 23.2 Å². The van der Waals surface area contributed by atoms with Crippen LogP contribution < -0.4 is 14.5 Å². The van der Waals surface area contributed by atoms with Crippen molar-refractivity contribution in [3.63, 3.8) is 0 Å². The van der Waals surface area contributed by atoms with Gasteiger partial charge in [0.25, 0.3) is 5.91 Å². The van der Waals surface area contributed by atoms with Gasteiger partial charge in [0.05, 0.1) is 5.69 Å². The number of anilines is 2. The molecule has 27 heavy (non-hydrogen) atoms. The molecule has 0 atom stereocenters. The third-order valence-electron chi connectivity index (χ3n) is 4.06. The zero-order chi connectivity index (χ0) is 19.4. The Balaban J connectivity index is 1.75. The van der Waals surface area contributed by atoms with Crippen LogP contribution in [0.25, 0.3) is 0 Å². The fourth-order valence-electron chi connectivity index (χ4n) is 2.85. The number of benzene rings is 2. The van der Waals surface area contributed by atoms with E-state index in [1.165, 1.54) is 17.0 Å². The van der Waals surface area contributed by atoms with E-state index in [0.717, 1.165) is 0 Å². The minimum atomic E-state index is -4.53. The van der Waals surface area contributed by atoms with Crippen molar-refractivity contribution in [3.05, 3.63) is 54.6 Å². The van der Waals surface area contributed by atoms with Crippen LogP contribution in [0.15, 0.2) is 54.6 Å². The average Bonchev–Trinajstić information content (AvgIpc) is 2.65. The van der Waals surface area contributed by atoms with Gasteiger partial charge in [-0.1, -0.05) is 30.3 Å². The van der Waals surface area contributed by atoms with Gasteiger partial charge in [0.1, 0.15) is 12.3 Å². The molecule has 2 aromatic carbocycles. The fourth-order valence-corrected chi connectivity index (χ4v) is 2.85. The highest BCUT2D eigenvalue weighted by molar-refractivity contribution is 5.99. The van der Waals surface area contributed by atoms with E-state index in [1.807, 2.05) is 0 Å². The van der Waals surface area contributed by atoms with Crippen LogP contribution in [0.3, 0.4) is 0 Å². The number of para-hydroxylation sites is 3. The van der Waals surface area contributed by atoms with Crippen molar-refractivity contribution in [3.8, 4) is 5.75 Å². The normalized spacial score (nSPS) is 13.7. The summed E-state index contributed by atoms with van der Waals surface area (Å²) in [7, 11) is 0. The molecule has 0 unspecified atom stereocenters. The maximum atomic E-state index is 12.9. The Hall–Kier alpha value is -3.03. The van der Waals surface area contributed by atoms with E-state index in [2.05, 4.69) is 0 Å². The van der Waals surface area contributed by atoms with Crippen molar-refractivity contribution < 1.29 is 27.5 Å². The van der Waals surface area contributed by atoms with Gasteiger partial charge in [-0.05, 0) is 24.3 Å². The van der Waals surface area contributed by atoms with E-state index in [9.17, 15) is 22.8 Å². The second-order valence-electron chi connectivity index (χ2n) is 5.98. The molecule has 3 rings (SSSR count). The van der Waals surface area contributed by atoms with E-state index in [1.54, 1.807) is 42.5 Å².